The molecule has 0 radical (unpaired) electrons. The van der Waals surface area contributed by atoms with E-state index in [1.54, 1.807) is 6.08 Å². The van der Waals surface area contributed by atoms with Crippen molar-refractivity contribution >= 4 is 17.5 Å². The van der Waals surface area contributed by atoms with Crippen molar-refractivity contribution in [2.24, 2.45) is 5.92 Å². The molecule has 0 aliphatic carbocycles. The lowest BCUT2D eigenvalue weighted by atomic mass is 10.0. The van der Waals surface area contributed by atoms with Gasteiger partial charge in [-0.25, -0.2) is 0 Å². The van der Waals surface area contributed by atoms with E-state index in [1.807, 2.05) is 53.7 Å². The predicted octanol–water partition coefficient (Wildman–Crippen LogP) is 4.69. The van der Waals surface area contributed by atoms with E-state index in [2.05, 4.69) is 11.9 Å². The van der Waals surface area contributed by atoms with Gasteiger partial charge in [0.1, 0.15) is 0 Å². The van der Waals surface area contributed by atoms with Crippen molar-refractivity contribution < 1.29 is 9.90 Å². The number of rotatable bonds is 7. The van der Waals surface area contributed by atoms with Gasteiger partial charge in [0, 0.05) is 12.3 Å². The summed E-state index contributed by atoms with van der Waals surface area (Å²) < 4.78 is 0. The van der Waals surface area contributed by atoms with Crippen LogP contribution in [0.4, 0.5) is 0 Å². The van der Waals surface area contributed by atoms with E-state index in [-0.39, 0.29) is 17.9 Å². The number of aliphatic hydroxyl groups excluding tert-OH is 1. The zero-order chi connectivity index (χ0) is 18.0. The average Bonchev–Trinajstić information content (AvgIpc) is 2.47. The lowest BCUT2D eigenvalue weighted by molar-refractivity contribution is -0.122. The first-order valence-electron chi connectivity index (χ1n) is 7.99. The Morgan fingerprint density at radius 3 is 1.95 bits per heavy atom. The number of carbonyl (C=O) groups is 1. The molecule has 0 bridgehead atoms. The quantitative estimate of drug-likeness (QED) is 0.403. The Kier molecular flexibility index (Phi) is 24.0. The molecule has 1 amide bonds. The van der Waals surface area contributed by atoms with Crippen LogP contribution in [-0.4, -0.2) is 29.0 Å². The first kappa shape index (κ1) is 26.1. The standard InChI is InChI=1S/C11H22ClNO2.C4H8.C3H6/c1-8(2)11(15)9(3)13-10(14)6-4-5-7-12;1-3-4-2;1-3-2/h8-9,11,15H,4-7H2,1-3H3,(H,13,14);3-4H,1-2H3;3H,1H2,2H3/b;4-3-;/t9-,11?;;/m1../s1. The lowest BCUT2D eigenvalue weighted by Gasteiger charge is -2.23. The first-order chi connectivity index (χ1) is 10.3. The van der Waals surface area contributed by atoms with Gasteiger partial charge in [0.05, 0.1) is 12.1 Å². The molecule has 2 N–H and O–H groups in total. The summed E-state index contributed by atoms with van der Waals surface area (Å²) in [5, 5.41) is 12.5. The van der Waals surface area contributed by atoms with Crippen LogP contribution < -0.4 is 5.32 Å². The second kappa shape index (κ2) is 20.2. The molecular formula is C18H36ClNO2. The Bertz CT molecular complexity index is 274. The highest BCUT2D eigenvalue weighted by atomic mass is 35.5. The highest BCUT2D eigenvalue weighted by molar-refractivity contribution is 6.17. The van der Waals surface area contributed by atoms with Crippen molar-refractivity contribution in [3.63, 3.8) is 0 Å². The molecule has 0 aromatic heterocycles. The van der Waals surface area contributed by atoms with Crippen molar-refractivity contribution in [1.29, 1.82) is 0 Å². The highest BCUT2D eigenvalue weighted by Gasteiger charge is 2.18. The number of carbonyl (C=O) groups excluding carboxylic acids is 1. The number of amides is 1. The van der Waals surface area contributed by atoms with Crippen LogP contribution in [0.5, 0.6) is 0 Å². The van der Waals surface area contributed by atoms with Gasteiger partial charge < -0.3 is 10.4 Å². The monoisotopic (exact) mass is 333 g/mol. The molecule has 0 fully saturated rings. The van der Waals surface area contributed by atoms with Crippen LogP contribution >= 0.6 is 11.6 Å². The minimum atomic E-state index is -0.484. The summed E-state index contributed by atoms with van der Waals surface area (Å²) in [5.41, 5.74) is 0. The lowest BCUT2D eigenvalue weighted by Crippen LogP contribution is -2.43. The molecule has 0 spiro atoms. The topological polar surface area (TPSA) is 49.3 Å². The highest BCUT2D eigenvalue weighted by Crippen LogP contribution is 2.06. The van der Waals surface area contributed by atoms with Crippen LogP contribution in [0.1, 0.15) is 60.8 Å². The summed E-state index contributed by atoms with van der Waals surface area (Å²) in [6, 6.07) is -0.187. The molecule has 22 heavy (non-hydrogen) atoms. The Hall–Kier alpha value is -0.800. The molecule has 0 aliphatic rings. The summed E-state index contributed by atoms with van der Waals surface area (Å²) in [4.78, 5) is 11.4. The van der Waals surface area contributed by atoms with E-state index >= 15 is 0 Å². The number of aliphatic hydroxyl groups is 1. The summed E-state index contributed by atoms with van der Waals surface area (Å²) in [5.74, 6) is 0.743. The molecular weight excluding hydrogens is 298 g/mol. The second-order valence-electron chi connectivity index (χ2n) is 5.31. The van der Waals surface area contributed by atoms with Gasteiger partial charge in [-0.15, -0.1) is 18.2 Å². The van der Waals surface area contributed by atoms with E-state index < -0.39 is 6.10 Å². The molecule has 3 nitrogen and oxygen atoms in total. The van der Waals surface area contributed by atoms with Crippen molar-refractivity contribution in [3.8, 4) is 0 Å². The van der Waals surface area contributed by atoms with Gasteiger partial charge in [-0.1, -0.05) is 32.1 Å². The zero-order valence-corrected chi connectivity index (χ0v) is 16.0. The summed E-state index contributed by atoms with van der Waals surface area (Å²) in [6.07, 6.45) is 7.42. The smallest absolute Gasteiger partial charge is 0.220 e. The maximum Gasteiger partial charge on any atom is 0.220 e. The fourth-order valence-electron chi connectivity index (χ4n) is 1.37. The van der Waals surface area contributed by atoms with Gasteiger partial charge in [0.2, 0.25) is 5.91 Å². The minimum Gasteiger partial charge on any atom is -0.391 e. The summed E-state index contributed by atoms with van der Waals surface area (Å²) >= 11 is 5.51. The average molecular weight is 334 g/mol. The van der Waals surface area contributed by atoms with Gasteiger partial charge in [0.15, 0.2) is 0 Å². The normalized spacial score (nSPS) is 12.6. The third-order valence-electron chi connectivity index (χ3n) is 2.70. The van der Waals surface area contributed by atoms with Gasteiger partial charge >= 0.3 is 0 Å². The van der Waals surface area contributed by atoms with Gasteiger partial charge in [-0.3, -0.25) is 4.79 Å². The number of nitrogens with one attached hydrogen (secondary N) is 1. The van der Waals surface area contributed by atoms with Gasteiger partial charge in [-0.05, 0) is 46.5 Å². The number of hydrogen-bond acceptors (Lipinski definition) is 2. The van der Waals surface area contributed by atoms with Crippen molar-refractivity contribution in [1.82, 2.24) is 5.32 Å². The molecule has 0 aromatic carbocycles. The third-order valence-corrected chi connectivity index (χ3v) is 2.97. The zero-order valence-electron chi connectivity index (χ0n) is 15.2. The molecule has 4 heteroatoms. The van der Waals surface area contributed by atoms with Crippen molar-refractivity contribution in [2.75, 3.05) is 5.88 Å². The van der Waals surface area contributed by atoms with Crippen LogP contribution in [0.15, 0.2) is 24.8 Å². The third kappa shape index (κ3) is 21.5. The van der Waals surface area contributed by atoms with E-state index in [0.717, 1.165) is 12.8 Å². The minimum absolute atomic E-state index is 0.00711. The Labute approximate surface area is 142 Å². The largest absolute Gasteiger partial charge is 0.391 e. The predicted molar refractivity (Wildman–Crippen MR) is 99.4 cm³/mol. The van der Waals surface area contributed by atoms with Gasteiger partial charge in [-0.2, -0.15) is 0 Å². The second-order valence-corrected chi connectivity index (χ2v) is 5.69. The summed E-state index contributed by atoms with van der Waals surface area (Å²) in [7, 11) is 0. The Morgan fingerprint density at radius 2 is 1.64 bits per heavy atom. The van der Waals surface area contributed by atoms with E-state index in [9.17, 15) is 9.90 Å². The fraction of sp³-hybridized carbons (Fsp3) is 0.722. The SMILES string of the molecule is C/C=C\C.C=CC.CC(C)C(O)[C@@H](C)NC(=O)CCCCCl. The van der Waals surface area contributed by atoms with Gasteiger partial charge in [0.25, 0.3) is 0 Å². The maximum absolute atomic E-state index is 11.4. The summed E-state index contributed by atoms with van der Waals surface area (Å²) in [6.45, 7) is 14.9. The van der Waals surface area contributed by atoms with E-state index in [1.165, 1.54) is 0 Å². The van der Waals surface area contributed by atoms with Crippen LogP contribution in [0, 0.1) is 5.92 Å². The van der Waals surface area contributed by atoms with Crippen molar-refractivity contribution in [3.05, 3.63) is 24.8 Å². The molecule has 132 valence electrons. The number of hydrogen-bond donors (Lipinski definition) is 2. The molecule has 0 heterocycles. The van der Waals surface area contributed by atoms with E-state index in [4.69, 9.17) is 11.6 Å². The van der Waals surface area contributed by atoms with E-state index in [0.29, 0.717) is 12.3 Å². The van der Waals surface area contributed by atoms with Crippen molar-refractivity contribution in [2.45, 2.75) is 73.0 Å². The number of alkyl halides is 1. The molecule has 2 atom stereocenters. The molecule has 0 aromatic rings. The number of allylic oxidation sites excluding steroid dienone is 3. The first-order valence-corrected chi connectivity index (χ1v) is 8.53. The van der Waals surface area contributed by atoms with Crippen LogP contribution in [0.25, 0.3) is 0 Å². The number of unbranched alkanes of at least 4 members (excludes halogenated alkanes) is 1. The van der Waals surface area contributed by atoms with Crippen LogP contribution in [0.2, 0.25) is 0 Å². The molecule has 0 rings (SSSR count). The Balaban J connectivity index is -0.000000432. The maximum atomic E-state index is 11.4. The fourth-order valence-corrected chi connectivity index (χ4v) is 1.56. The molecule has 0 aliphatic heterocycles. The van der Waals surface area contributed by atoms with Crippen LogP contribution in [0.3, 0.4) is 0 Å². The van der Waals surface area contributed by atoms with Crippen LogP contribution in [-0.2, 0) is 4.79 Å². The molecule has 0 saturated heterocycles. The Morgan fingerprint density at radius 1 is 1.18 bits per heavy atom. The molecule has 1 unspecified atom stereocenters. The number of halogens is 1. The molecule has 0 saturated carbocycles.